The number of carbonyl (C=O) groups excluding carboxylic acids is 14. The molecular formula is C95H76F3N17O22. The number of ether oxygens (including phenoxy) is 4. The van der Waals surface area contributed by atoms with Crippen LogP contribution in [0.2, 0.25) is 0 Å². The predicted octanol–water partition coefficient (Wildman–Crippen LogP) is 3.54. The molecule has 137 heavy (non-hydrogen) atoms. The van der Waals surface area contributed by atoms with E-state index in [-0.39, 0.29) is 118 Å². The largest absolute Gasteiger partial charge is 0.497 e. The van der Waals surface area contributed by atoms with E-state index in [1.54, 1.807) is 109 Å². The first kappa shape index (κ1) is 94.0. The summed E-state index contributed by atoms with van der Waals surface area (Å²) < 4.78 is 69.0. The van der Waals surface area contributed by atoms with Gasteiger partial charge in [-0.15, -0.1) is 0 Å². The van der Waals surface area contributed by atoms with Gasteiger partial charge in [0.15, 0.2) is 0 Å². The maximum absolute atomic E-state index is 13.0. The first-order valence-corrected chi connectivity index (χ1v) is 41.3. The molecule has 0 bridgehead atoms. The number of aryl methyl sites for hydroxylation is 1. The van der Waals surface area contributed by atoms with Crippen molar-refractivity contribution in [2.75, 3.05) is 54.6 Å². The summed E-state index contributed by atoms with van der Waals surface area (Å²) in [7, 11) is 6.03. The third kappa shape index (κ3) is 19.7. The van der Waals surface area contributed by atoms with E-state index in [9.17, 15) is 90.5 Å². The molecule has 4 aromatic heterocycles. The number of alkyl halides is 3. The van der Waals surface area contributed by atoms with E-state index in [0.29, 0.717) is 85.8 Å². The molecule has 0 saturated carbocycles. The lowest BCUT2D eigenvalue weighted by molar-refractivity contribution is -0.358. The molecule has 14 amide bonds. The number of imide groups is 4. The molecule has 39 nitrogen and oxygen atoms in total. The van der Waals surface area contributed by atoms with Crippen LogP contribution < -0.4 is 57.2 Å². The number of nitrogens with zero attached hydrogens (tertiary/aromatic N) is 10. The summed E-state index contributed by atoms with van der Waals surface area (Å²) in [6, 6.07) is 34.9. The second-order valence-corrected chi connectivity index (χ2v) is 32.4. The van der Waals surface area contributed by atoms with Gasteiger partial charge in [-0.25, -0.2) is 5.84 Å². The Morgan fingerprint density at radius 2 is 0.781 bits per heavy atom. The topological polar surface area (TPSA) is 545 Å². The number of halogens is 3. The number of hydrogen-bond donors (Lipinski definition) is 9. The fraction of sp³-hybridized carbons (Fsp3) is 0.242. The predicted molar refractivity (Wildman–Crippen MR) is 464 cm³/mol. The monoisotopic (exact) mass is 1860 g/mol. The fourth-order valence-electron chi connectivity index (χ4n) is 16.0. The number of aromatic nitrogens is 6. The Kier molecular flexibility index (Phi) is 26.0. The smallest absolute Gasteiger partial charge is 0.447 e. The van der Waals surface area contributed by atoms with E-state index in [1.165, 1.54) is 74.0 Å². The zero-order valence-electron chi connectivity index (χ0n) is 72.8. The molecule has 42 heteroatoms. The number of nitrogens with one attached hydrogen (secondary N) is 5. The number of nitrogen functional groups attached to an aromatic ring is 1. The molecule has 0 unspecified atom stereocenters. The van der Waals surface area contributed by atoms with Crippen molar-refractivity contribution in [3.8, 4) is 93.1 Å². The number of pyridine rings is 2. The summed E-state index contributed by atoms with van der Waals surface area (Å²) in [5.41, 5.74) is 8.56. The van der Waals surface area contributed by atoms with Crippen molar-refractivity contribution >= 4 is 82.7 Å². The minimum Gasteiger partial charge on any atom is -0.497 e. The highest BCUT2D eigenvalue weighted by Crippen LogP contribution is 2.42. The van der Waals surface area contributed by atoms with Crippen molar-refractivity contribution in [3.05, 3.63) is 248 Å². The Labute approximate surface area is 773 Å². The number of hydrogen-bond acceptors (Lipinski definition) is 29. The number of fused-ring (bicyclic) bond motifs is 4. The van der Waals surface area contributed by atoms with Gasteiger partial charge in [-0.1, -0.05) is 94.1 Å². The SMILES string of the molecule is COc1ccc2c(c1)C(=O)N(C[C@@]1(C#Cc3ccc(-c4noc(C)n4)cc3)CC(=O)NC1=O)C2.COc1ccc2c(c1)C(=O)N(C[C@@]1(C#Cc3ccc(C(O)(O)C(F)(F)F)cc3)CC(=O)NC1=O)C2.COc1ccc2c(c1)C(=O)N(C[C@@]1(C#Cc3cncc(-c4noc(C(N)=O)n4)c3)CC(=O)NC1=O)C2.COc1ccc2c(c1)C(=O)N(C[C@@]1(C#Cc3cncc(C(=O)NN)c3)CC(=O)NC1=O)C2. The molecule has 4 saturated heterocycles. The Morgan fingerprint density at radius 1 is 0.445 bits per heavy atom. The van der Waals surface area contributed by atoms with Crippen LogP contribution >= 0.6 is 0 Å². The van der Waals surface area contributed by atoms with Gasteiger partial charge in [0.2, 0.25) is 64.8 Å². The second-order valence-electron chi connectivity index (χ2n) is 32.4. The van der Waals surface area contributed by atoms with Crippen LogP contribution in [0.5, 0.6) is 23.0 Å². The summed E-state index contributed by atoms with van der Waals surface area (Å²) in [4.78, 5) is 196. The molecule has 0 aliphatic carbocycles. The molecule has 694 valence electrons. The minimum atomic E-state index is -5.31. The van der Waals surface area contributed by atoms with Crippen molar-refractivity contribution in [1.82, 2.24) is 76.5 Å². The number of amides is 14. The summed E-state index contributed by atoms with van der Waals surface area (Å²) >= 11 is 0. The first-order valence-electron chi connectivity index (χ1n) is 41.3. The average molecular weight is 1860 g/mol. The van der Waals surface area contributed by atoms with Gasteiger partial charge in [0, 0.05) is 145 Å². The van der Waals surface area contributed by atoms with E-state index < -0.39 is 98.3 Å². The zero-order chi connectivity index (χ0) is 97.8. The third-order valence-corrected chi connectivity index (χ3v) is 23.1. The summed E-state index contributed by atoms with van der Waals surface area (Å²) in [5, 5.41) is 35.4. The maximum atomic E-state index is 13.0. The number of primary amides is 1. The fourth-order valence-corrected chi connectivity index (χ4v) is 16.0. The van der Waals surface area contributed by atoms with E-state index in [1.807, 2.05) is 11.5 Å². The number of nitrogens with two attached hydrogens (primary N) is 2. The van der Waals surface area contributed by atoms with Gasteiger partial charge in [0.05, 0.1) is 59.7 Å². The lowest BCUT2D eigenvalue weighted by Crippen LogP contribution is -2.42. The van der Waals surface area contributed by atoms with Crippen LogP contribution in [0.4, 0.5) is 13.2 Å². The highest BCUT2D eigenvalue weighted by molar-refractivity contribution is 6.12. The number of carbonyl (C=O) groups is 14. The summed E-state index contributed by atoms with van der Waals surface area (Å²) in [5.74, 6) is 20.1. The normalized spacial score (nSPS) is 19.1. The molecule has 4 fully saturated rings. The molecule has 0 radical (unpaired) electrons. The van der Waals surface area contributed by atoms with Gasteiger partial charge >= 0.3 is 18.0 Å². The molecule has 8 aliphatic heterocycles. The lowest BCUT2D eigenvalue weighted by atomic mass is 9.85. The standard InChI is InChI=1S/C25H20N4O5.C24H19F3N2O6.C24H18N6O6.C22H19N5O5/c1-15-26-22(28-34-15)17-5-3-16(4-6-17)9-10-25(12-21(30)27-24(25)32)14-29-13-18-7-8-19(33-2)11-20(18)23(29)31;1-35-17-7-4-15-12-29(20(31)18(15)10-17)13-22(11-19(30)28-21(22)32)9-8-14-2-5-16(6-3-14)23(33,34)24(25,26)27;1-35-16-3-2-14-11-30(22(33)17(14)7-16)12-24(8-18(31)27-23(24)34)5-4-13-6-15(10-26-9-13)20-28-21(19(25)32)36-29-20;1-32-16-3-2-14-11-27(20(30)17(14)7-16)12-22(8-18(28)25-21(22)31)5-4-13-6-15(10-24-9-13)19(29)26-23/h3-8,11H,12-14H2,1-2H3,(H,27,30,32);2-7,10,33-34H,11-13H2,1H3,(H,28,30,32);2-3,6-7,9-10H,8,11-12H2,1H3,(H2,25,32)(H,27,31,34);2-3,6-7,9-10H,8,11-12,23H2,1H3,(H,26,29)(H,25,28,31)/t25-;22-;24-;22-/m1111/s1. The Balaban J connectivity index is 0.000000139. The molecule has 11 N–H and O–H groups in total. The van der Waals surface area contributed by atoms with Crippen molar-refractivity contribution in [1.29, 1.82) is 0 Å². The third-order valence-electron chi connectivity index (χ3n) is 23.1. The molecule has 12 heterocycles. The van der Waals surface area contributed by atoms with Gasteiger partial charge in [-0.2, -0.15) is 23.1 Å². The zero-order valence-corrected chi connectivity index (χ0v) is 72.8. The highest BCUT2D eigenvalue weighted by Gasteiger charge is 2.56. The van der Waals surface area contributed by atoms with Crippen LogP contribution in [0, 0.1) is 75.9 Å². The molecule has 4 atom stereocenters. The number of rotatable bonds is 17. The lowest BCUT2D eigenvalue weighted by Gasteiger charge is -2.26. The minimum absolute atomic E-state index is 0.00756. The molecule has 18 rings (SSSR count). The van der Waals surface area contributed by atoms with Gasteiger partial charge < -0.3 is 63.5 Å². The van der Waals surface area contributed by atoms with Crippen LogP contribution in [0.25, 0.3) is 22.8 Å². The second kappa shape index (κ2) is 37.9. The first-order chi connectivity index (χ1) is 65.3. The van der Waals surface area contributed by atoms with E-state index in [0.717, 1.165) is 52.1 Å². The van der Waals surface area contributed by atoms with Crippen molar-refractivity contribution in [2.24, 2.45) is 33.2 Å². The van der Waals surface area contributed by atoms with Crippen LogP contribution in [0.3, 0.4) is 0 Å². The Hall–Kier alpha value is -17.6. The molecule has 10 aromatic rings. The number of aliphatic hydroxyl groups is 2. The summed E-state index contributed by atoms with van der Waals surface area (Å²) in [6.07, 6.45) is -0.451. The van der Waals surface area contributed by atoms with Gasteiger partial charge in [0.1, 0.15) is 44.7 Å². The van der Waals surface area contributed by atoms with Crippen LogP contribution in [-0.4, -0.2) is 204 Å². The van der Waals surface area contributed by atoms with E-state index in [2.05, 4.69) is 98.9 Å². The van der Waals surface area contributed by atoms with Crippen LogP contribution in [-0.2, 0) is 70.3 Å². The number of benzene rings is 6. The molecule has 8 aliphatic rings. The molecular weight excluding hydrogens is 1790 g/mol. The molecule has 0 spiro atoms. The van der Waals surface area contributed by atoms with Crippen LogP contribution in [0.15, 0.2) is 167 Å². The van der Waals surface area contributed by atoms with Gasteiger partial charge in [0.25, 0.3) is 35.3 Å². The maximum Gasteiger partial charge on any atom is 0.447 e. The van der Waals surface area contributed by atoms with Gasteiger partial charge in [-0.05, 0) is 119 Å². The highest BCUT2D eigenvalue weighted by atomic mass is 19.4. The Morgan fingerprint density at radius 3 is 1.09 bits per heavy atom. The van der Waals surface area contributed by atoms with Crippen LogP contribution in [0.1, 0.15) is 144 Å². The van der Waals surface area contributed by atoms with E-state index in [4.69, 9.17) is 39.6 Å². The average Bonchev–Trinajstić information content (AvgIpc) is 1.70. The van der Waals surface area contributed by atoms with Gasteiger partial charge in [-0.3, -0.25) is 104 Å². The number of methoxy groups -OCH3 is 4. The molecule has 6 aromatic carbocycles. The number of hydrazine groups is 1. The van der Waals surface area contributed by atoms with E-state index >= 15 is 0 Å². The van der Waals surface area contributed by atoms with Crippen molar-refractivity contribution in [2.45, 2.75) is 70.7 Å². The Bertz CT molecular complexity index is 7030. The summed E-state index contributed by atoms with van der Waals surface area (Å²) in [6.45, 7) is 2.49. The van der Waals surface area contributed by atoms with Crippen molar-refractivity contribution < 1.29 is 119 Å². The van der Waals surface area contributed by atoms with Crippen molar-refractivity contribution in [3.63, 3.8) is 0 Å². The quantitative estimate of drug-likeness (QED) is 0.0157.